The fourth-order valence-corrected chi connectivity index (χ4v) is 3.07. The standard InChI is InChI=1S/C17H19ClN2O3/c1-3-20-9-13(16(22)19-17(2)6-7-23-10-17)15(21)12-8-11(18)4-5-14(12)20/h4-5,8-9H,3,6-7,10H2,1-2H3,(H,19,22)/t17-/m0/s1. The lowest BCUT2D eigenvalue weighted by molar-refractivity contribution is 0.0888. The van der Waals surface area contributed by atoms with Crippen LogP contribution < -0.4 is 10.7 Å². The fourth-order valence-electron chi connectivity index (χ4n) is 2.90. The Balaban J connectivity index is 2.08. The van der Waals surface area contributed by atoms with Crippen molar-refractivity contribution < 1.29 is 9.53 Å². The van der Waals surface area contributed by atoms with Crippen molar-refractivity contribution in [3.05, 3.63) is 45.2 Å². The molecule has 1 amide bonds. The molecule has 2 aromatic rings. The molecule has 0 spiro atoms. The quantitative estimate of drug-likeness (QED) is 0.938. The smallest absolute Gasteiger partial charge is 0.257 e. The van der Waals surface area contributed by atoms with Gasteiger partial charge >= 0.3 is 0 Å². The van der Waals surface area contributed by atoms with Gasteiger partial charge in [0.1, 0.15) is 5.56 Å². The molecule has 1 aliphatic heterocycles. The number of rotatable bonds is 3. The highest BCUT2D eigenvalue weighted by Gasteiger charge is 2.32. The van der Waals surface area contributed by atoms with Gasteiger partial charge in [-0.1, -0.05) is 11.6 Å². The molecule has 1 atom stereocenters. The predicted molar refractivity (Wildman–Crippen MR) is 90.2 cm³/mol. The summed E-state index contributed by atoms with van der Waals surface area (Å²) in [6.45, 7) is 5.61. The van der Waals surface area contributed by atoms with Gasteiger partial charge in [-0.15, -0.1) is 0 Å². The molecule has 0 radical (unpaired) electrons. The molecule has 1 fully saturated rings. The molecule has 1 aromatic heterocycles. The van der Waals surface area contributed by atoms with Crippen LogP contribution in [0.3, 0.4) is 0 Å². The lowest BCUT2D eigenvalue weighted by atomic mass is 10.0. The monoisotopic (exact) mass is 334 g/mol. The first-order valence-electron chi connectivity index (χ1n) is 7.66. The number of aryl methyl sites for hydroxylation is 1. The van der Waals surface area contributed by atoms with Crippen LogP contribution in [0.1, 0.15) is 30.6 Å². The minimum atomic E-state index is -0.427. The summed E-state index contributed by atoms with van der Waals surface area (Å²) in [4.78, 5) is 25.3. The normalized spacial score (nSPS) is 20.8. The molecule has 122 valence electrons. The number of carbonyl (C=O) groups is 1. The highest BCUT2D eigenvalue weighted by molar-refractivity contribution is 6.31. The molecule has 1 saturated heterocycles. The largest absolute Gasteiger partial charge is 0.379 e. The predicted octanol–water partition coefficient (Wildman–Crippen LogP) is 2.58. The van der Waals surface area contributed by atoms with E-state index in [4.69, 9.17) is 16.3 Å². The number of pyridine rings is 1. The van der Waals surface area contributed by atoms with Gasteiger partial charge in [-0.2, -0.15) is 0 Å². The molecule has 6 heteroatoms. The van der Waals surface area contributed by atoms with E-state index in [9.17, 15) is 9.59 Å². The third kappa shape index (κ3) is 2.99. The molecule has 0 unspecified atom stereocenters. The molecule has 5 nitrogen and oxygen atoms in total. The number of fused-ring (bicyclic) bond motifs is 1. The molecule has 0 aliphatic carbocycles. The number of benzene rings is 1. The maximum atomic E-state index is 12.7. The van der Waals surface area contributed by atoms with Gasteiger partial charge < -0.3 is 14.6 Å². The van der Waals surface area contributed by atoms with E-state index in [-0.39, 0.29) is 16.9 Å². The average Bonchev–Trinajstić information content (AvgIpc) is 2.94. The first-order valence-corrected chi connectivity index (χ1v) is 8.04. The van der Waals surface area contributed by atoms with E-state index in [2.05, 4.69) is 5.32 Å². The Labute approximate surface area is 139 Å². The van der Waals surface area contributed by atoms with Crippen molar-refractivity contribution in [1.29, 1.82) is 0 Å². The minimum absolute atomic E-state index is 0.134. The van der Waals surface area contributed by atoms with Gasteiger partial charge in [0.25, 0.3) is 5.91 Å². The molecule has 1 N–H and O–H groups in total. The molecule has 3 rings (SSSR count). The molecular weight excluding hydrogens is 316 g/mol. The summed E-state index contributed by atoms with van der Waals surface area (Å²) in [5.41, 5.74) is 0.181. The zero-order valence-electron chi connectivity index (χ0n) is 13.2. The van der Waals surface area contributed by atoms with Gasteiger partial charge in [-0.3, -0.25) is 9.59 Å². The summed E-state index contributed by atoms with van der Waals surface area (Å²) >= 11 is 6.01. The molecular formula is C17H19ClN2O3. The van der Waals surface area contributed by atoms with Gasteiger partial charge in [-0.05, 0) is 38.5 Å². The van der Waals surface area contributed by atoms with Crippen LogP contribution in [-0.4, -0.2) is 29.2 Å². The van der Waals surface area contributed by atoms with Crippen molar-refractivity contribution in [3.63, 3.8) is 0 Å². The van der Waals surface area contributed by atoms with Crippen LogP contribution in [0.5, 0.6) is 0 Å². The molecule has 2 heterocycles. The number of nitrogens with zero attached hydrogens (tertiary/aromatic N) is 1. The second-order valence-electron chi connectivity index (χ2n) is 6.14. The Hall–Kier alpha value is -1.85. The maximum absolute atomic E-state index is 12.7. The first kappa shape index (κ1) is 16.0. The Morgan fingerprint density at radius 3 is 2.91 bits per heavy atom. The number of aromatic nitrogens is 1. The number of hydrogen-bond acceptors (Lipinski definition) is 3. The Morgan fingerprint density at radius 2 is 2.26 bits per heavy atom. The SMILES string of the molecule is CCn1cc(C(=O)N[C@@]2(C)CCOC2)c(=O)c2cc(Cl)ccc21. The maximum Gasteiger partial charge on any atom is 0.257 e. The molecule has 0 saturated carbocycles. The molecule has 23 heavy (non-hydrogen) atoms. The lowest BCUT2D eigenvalue weighted by Crippen LogP contribution is -2.47. The number of hydrogen-bond donors (Lipinski definition) is 1. The minimum Gasteiger partial charge on any atom is -0.379 e. The van der Waals surface area contributed by atoms with E-state index < -0.39 is 5.54 Å². The number of ether oxygens (including phenoxy) is 1. The number of halogens is 1. The Bertz CT molecular complexity index is 822. The van der Waals surface area contributed by atoms with E-state index in [1.54, 1.807) is 24.4 Å². The molecule has 1 aromatic carbocycles. The van der Waals surface area contributed by atoms with E-state index in [1.807, 2.05) is 18.4 Å². The van der Waals surface area contributed by atoms with Crippen LogP contribution >= 0.6 is 11.6 Å². The highest BCUT2D eigenvalue weighted by Crippen LogP contribution is 2.20. The van der Waals surface area contributed by atoms with Crippen molar-refractivity contribution in [2.45, 2.75) is 32.4 Å². The van der Waals surface area contributed by atoms with Crippen molar-refractivity contribution in [2.24, 2.45) is 0 Å². The average molecular weight is 335 g/mol. The van der Waals surface area contributed by atoms with E-state index in [0.29, 0.717) is 30.2 Å². The van der Waals surface area contributed by atoms with Crippen LogP contribution in [0.4, 0.5) is 0 Å². The molecule has 1 aliphatic rings. The summed E-state index contributed by atoms with van der Waals surface area (Å²) in [6, 6.07) is 5.16. The topological polar surface area (TPSA) is 60.3 Å². The van der Waals surface area contributed by atoms with Crippen LogP contribution in [0.25, 0.3) is 10.9 Å². The summed E-state index contributed by atoms with van der Waals surface area (Å²) < 4.78 is 7.23. The third-order valence-electron chi connectivity index (χ3n) is 4.26. The summed E-state index contributed by atoms with van der Waals surface area (Å²) in [7, 11) is 0. The van der Waals surface area contributed by atoms with Gasteiger partial charge in [0.15, 0.2) is 0 Å². The van der Waals surface area contributed by atoms with Crippen LogP contribution in [0.15, 0.2) is 29.2 Å². The summed E-state index contributed by atoms with van der Waals surface area (Å²) in [5, 5.41) is 3.87. The highest BCUT2D eigenvalue weighted by atomic mass is 35.5. The van der Waals surface area contributed by atoms with Gasteiger partial charge in [-0.25, -0.2) is 0 Å². The van der Waals surface area contributed by atoms with Crippen LogP contribution in [-0.2, 0) is 11.3 Å². The van der Waals surface area contributed by atoms with Crippen LogP contribution in [0.2, 0.25) is 5.02 Å². The van der Waals surface area contributed by atoms with E-state index in [0.717, 1.165) is 11.9 Å². The van der Waals surface area contributed by atoms with E-state index in [1.165, 1.54) is 0 Å². The van der Waals surface area contributed by atoms with Gasteiger partial charge in [0, 0.05) is 29.8 Å². The zero-order chi connectivity index (χ0) is 16.6. The molecule has 0 bridgehead atoms. The second-order valence-corrected chi connectivity index (χ2v) is 6.57. The summed E-state index contributed by atoms with van der Waals surface area (Å²) in [5.74, 6) is -0.368. The fraction of sp³-hybridized carbons (Fsp3) is 0.412. The third-order valence-corrected chi connectivity index (χ3v) is 4.50. The number of nitrogens with one attached hydrogen (secondary N) is 1. The zero-order valence-corrected chi connectivity index (χ0v) is 13.9. The summed E-state index contributed by atoms with van der Waals surface area (Å²) in [6.07, 6.45) is 2.35. The van der Waals surface area contributed by atoms with Crippen molar-refractivity contribution in [2.75, 3.05) is 13.2 Å². The van der Waals surface area contributed by atoms with Crippen LogP contribution in [0, 0.1) is 0 Å². The van der Waals surface area contributed by atoms with E-state index >= 15 is 0 Å². The van der Waals surface area contributed by atoms with Crippen molar-refractivity contribution in [3.8, 4) is 0 Å². The number of carbonyl (C=O) groups excluding carboxylic acids is 1. The van der Waals surface area contributed by atoms with Crippen molar-refractivity contribution in [1.82, 2.24) is 9.88 Å². The van der Waals surface area contributed by atoms with Gasteiger partial charge in [0.05, 0.1) is 17.7 Å². The Kier molecular flexibility index (Phi) is 4.17. The van der Waals surface area contributed by atoms with Crippen molar-refractivity contribution >= 4 is 28.4 Å². The second kappa shape index (κ2) is 5.98. The Morgan fingerprint density at radius 1 is 1.48 bits per heavy atom. The number of amides is 1. The first-order chi connectivity index (χ1) is 10.9. The lowest BCUT2D eigenvalue weighted by Gasteiger charge is -2.23. The van der Waals surface area contributed by atoms with Gasteiger partial charge in [0.2, 0.25) is 5.43 Å².